The second kappa shape index (κ2) is 7.79. The second-order valence-corrected chi connectivity index (χ2v) is 4.48. The summed E-state index contributed by atoms with van der Waals surface area (Å²) in [6, 6.07) is 3.29. The van der Waals surface area contributed by atoms with Crippen LogP contribution in [0.3, 0.4) is 0 Å². The molecule has 0 aliphatic carbocycles. The lowest BCUT2D eigenvalue weighted by Crippen LogP contribution is -2.35. The van der Waals surface area contributed by atoms with E-state index in [0.717, 1.165) is 0 Å². The topological polar surface area (TPSA) is 143 Å². The van der Waals surface area contributed by atoms with E-state index < -0.39 is 36.9 Å². The summed E-state index contributed by atoms with van der Waals surface area (Å²) in [6.45, 7) is 0.863. The summed E-state index contributed by atoms with van der Waals surface area (Å²) in [5, 5.41) is 27.1. The van der Waals surface area contributed by atoms with E-state index in [1.807, 2.05) is 0 Å². The van der Waals surface area contributed by atoms with Crippen LogP contribution in [-0.2, 0) is 9.53 Å². The summed E-state index contributed by atoms with van der Waals surface area (Å²) < 4.78 is 4.90. The molecule has 2 heterocycles. The van der Waals surface area contributed by atoms with Gasteiger partial charge in [0, 0.05) is 12.4 Å². The van der Waals surface area contributed by atoms with E-state index in [9.17, 15) is 19.8 Å². The highest BCUT2D eigenvalue weighted by molar-refractivity contribution is 5.92. The Kier molecular flexibility index (Phi) is 6.38. The van der Waals surface area contributed by atoms with Crippen LogP contribution >= 0.6 is 0 Å². The minimum atomic E-state index is -1.22. The molecule has 0 aromatic carbocycles. The molecule has 1 fully saturated rings. The number of primary amides is 1. The van der Waals surface area contributed by atoms with Crippen molar-refractivity contribution in [2.45, 2.75) is 31.3 Å². The summed E-state index contributed by atoms with van der Waals surface area (Å²) in [4.78, 5) is 24.9. The molecule has 0 radical (unpaired) electrons. The molecule has 1 aliphatic rings. The molecule has 1 saturated heterocycles. The molecule has 116 valence electrons. The number of hydrogen-bond donors (Lipinski definition) is 4. The van der Waals surface area contributed by atoms with E-state index in [4.69, 9.17) is 15.6 Å². The largest absolute Gasteiger partial charge is 0.394 e. The van der Waals surface area contributed by atoms with Crippen molar-refractivity contribution in [3.8, 4) is 0 Å². The Balaban J connectivity index is 0.000000219. The van der Waals surface area contributed by atoms with Gasteiger partial charge in [0.2, 0.25) is 5.91 Å². The zero-order chi connectivity index (χ0) is 16.0. The third kappa shape index (κ3) is 4.57. The first-order chi connectivity index (χ1) is 9.88. The van der Waals surface area contributed by atoms with Crippen LogP contribution in [0.15, 0.2) is 24.5 Å². The van der Waals surface area contributed by atoms with Crippen molar-refractivity contribution >= 4 is 11.7 Å². The van der Waals surface area contributed by atoms with Crippen LogP contribution in [0.1, 0.15) is 17.3 Å². The number of pyridine rings is 1. The molecule has 1 aromatic rings. The fourth-order valence-electron chi connectivity index (χ4n) is 1.74. The van der Waals surface area contributed by atoms with Crippen molar-refractivity contribution in [1.82, 2.24) is 4.98 Å². The monoisotopic (exact) mass is 298 g/mol. The highest BCUT2D eigenvalue weighted by Gasteiger charge is 2.44. The number of hydrogen-bond acceptors (Lipinski definition) is 7. The number of aliphatic hydroxyl groups is 3. The molecule has 21 heavy (non-hydrogen) atoms. The lowest BCUT2D eigenvalue weighted by Gasteiger charge is -2.10. The van der Waals surface area contributed by atoms with Crippen LogP contribution in [0, 0.1) is 0 Å². The molecular formula is C13H18N2O6. The van der Waals surface area contributed by atoms with E-state index in [-0.39, 0.29) is 5.78 Å². The summed E-state index contributed by atoms with van der Waals surface area (Å²) >= 11 is 0. The van der Waals surface area contributed by atoms with Crippen molar-refractivity contribution < 1.29 is 29.6 Å². The molecule has 1 amide bonds. The Hall–Kier alpha value is -1.87. The number of aromatic nitrogens is 1. The summed E-state index contributed by atoms with van der Waals surface area (Å²) in [6.07, 6.45) is -1.23. The first-order valence-corrected chi connectivity index (χ1v) is 6.21. The lowest BCUT2D eigenvalue weighted by molar-refractivity contribution is -0.131. The number of rotatable bonds is 3. The molecule has 0 spiro atoms. The number of nitrogens with zero attached hydrogens (tertiary/aromatic N) is 1. The zero-order valence-electron chi connectivity index (χ0n) is 11.4. The van der Waals surface area contributed by atoms with Gasteiger partial charge in [0.05, 0.1) is 12.2 Å². The molecule has 8 heteroatoms. The molecule has 8 nitrogen and oxygen atoms in total. The normalized spacial score (nSPS) is 27.6. The number of nitrogens with two attached hydrogens (primary N) is 1. The third-order valence-corrected chi connectivity index (χ3v) is 2.89. The Morgan fingerprint density at radius 3 is 2.33 bits per heavy atom. The maximum Gasteiger partial charge on any atom is 0.250 e. The quantitative estimate of drug-likeness (QED) is 0.517. The molecule has 0 bridgehead atoms. The fraction of sp³-hybridized carbons (Fsp3) is 0.462. The van der Waals surface area contributed by atoms with Gasteiger partial charge in [-0.3, -0.25) is 14.6 Å². The molecule has 5 N–H and O–H groups in total. The smallest absolute Gasteiger partial charge is 0.250 e. The summed E-state index contributed by atoms with van der Waals surface area (Å²) in [5.41, 5.74) is 5.38. The minimum absolute atomic E-state index is 0.350. The van der Waals surface area contributed by atoms with Gasteiger partial charge in [0.15, 0.2) is 5.78 Å². The van der Waals surface area contributed by atoms with Gasteiger partial charge in [-0.1, -0.05) is 0 Å². The van der Waals surface area contributed by atoms with Gasteiger partial charge in [-0.05, 0) is 19.1 Å². The molecule has 1 aromatic heterocycles. The number of amides is 1. The van der Waals surface area contributed by atoms with Crippen LogP contribution < -0.4 is 5.73 Å². The first kappa shape index (κ1) is 17.2. The van der Waals surface area contributed by atoms with Gasteiger partial charge < -0.3 is 25.8 Å². The standard InChI is InChI=1S/C7H12O5.C6H6N2O/c1-3(9)7-6(11)5(10)4(2-8)12-7;7-6(9)5-2-1-3-8-4-5/h4-8,10-11H,2H2,1H3;1-4H,(H2,7,9)/t4-,5-,6-,7?;/m1./s1. The van der Waals surface area contributed by atoms with Crippen LogP contribution in [0.2, 0.25) is 0 Å². The van der Waals surface area contributed by atoms with Crippen LogP contribution in [0.5, 0.6) is 0 Å². The second-order valence-electron chi connectivity index (χ2n) is 4.48. The number of aliphatic hydroxyl groups excluding tert-OH is 3. The van der Waals surface area contributed by atoms with Crippen LogP contribution in [0.4, 0.5) is 0 Å². The number of ketones is 1. The zero-order valence-corrected chi connectivity index (χ0v) is 11.4. The van der Waals surface area contributed by atoms with Gasteiger partial charge in [-0.2, -0.15) is 0 Å². The average molecular weight is 298 g/mol. The van der Waals surface area contributed by atoms with Gasteiger partial charge in [-0.15, -0.1) is 0 Å². The van der Waals surface area contributed by atoms with Crippen LogP contribution in [-0.4, -0.2) is 63.0 Å². The molecular weight excluding hydrogens is 280 g/mol. The van der Waals surface area contributed by atoms with Crippen molar-refractivity contribution in [1.29, 1.82) is 0 Å². The first-order valence-electron chi connectivity index (χ1n) is 6.21. The van der Waals surface area contributed by atoms with Gasteiger partial charge in [0.25, 0.3) is 0 Å². The highest BCUT2D eigenvalue weighted by Crippen LogP contribution is 2.21. The molecule has 0 saturated carbocycles. The minimum Gasteiger partial charge on any atom is -0.394 e. The maximum absolute atomic E-state index is 10.8. The van der Waals surface area contributed by atoms with Gasteiger partial charge in [0.1, 0.15) is 24.4 Å². The summed E-state index contributed by atoms with van der Waals surface area (Å²) in [7, 11) is 0. The molecule has 1 unspecified atom stereocenters. The Morgan fingerprint density at radius 1 is 1.38 bits per heavy atom. The number of Topliss-reactive ketones (excluding diaryl/α,β-unsaturated/α-hetero) is 1. The molecule has 1 aliphatic heterocycles. The SMILES string of the molecule is CC(=O)C1O[C@H](CO)[C@@H](O)[C@H]1O.NC(=O)c1cccnc1. The van der Waals surface area contributed by atoms with E-state index in [2.05, 4.69) is 4.98 Å². The molecule has 4 atom stereocenters. The Morgan fingerprint density at radius 2 is 2.05 bits per heavy atom. The predicted octanol–water partition coefficient (Wildman–Crippen LogP) is -1.76. The summed E-state index contributed by atoms with van der Waals surface area (Å²) in [5.74, 6) is -0.791. The number of ether oxygens (including phenoxy) is 1. The van der Waals surface area contributed by atoms with Crippen molar-refractivity contribution in [3.05, 3.63) is 30.1 Å². The van der Waals surface area contributed by atoms with Gasteiger partial charge in [-0.25, -0.2) is 0 Å². The Labute approximate surface area is 121 Å². The highest BCUT2D eigenvalue weighted by atomic mass is 16.6. The van der Waals surface area contributed by atoms with Crippen molar-refractivity contribution in [3.63, 3.8) is 0 Å². The Bertz CT molecular complexity index is 481. The number of carbonyl (C=O) groups excluding carboxylic acids is 2. The van der Waals surface area contributed by atoms with Crippen molar-refractivity contribution in [2.24, 2.45) is 5.73 Å². The number of carbonyl (C=O) groups is 2. The maximum atomic E-state index is 10.8. The molecule has 2 rings (SSSR count). The fourth-order valence-corrected chi connectivity index (χ4v) is 1.74. The lowest BCUT2D eigenvalue weighted by atomic mass is 10.1. The van der Waals surface area contributed by atoms with E-state index in [1.165, 1.54) is 13.1 Å². The van der Waals surface area contributed by atoms with Gasteiger partial charge >= 0.3 is 0 Å². The predicted molar refractivity (Wildman–Crippen MR) is 71.2 cm³/mol. The van der Waals surface area contributed by atoms with Crippen molar-refractivity contribution in [2.75, 3.05) is 6.61 Å². The third-order valence-electron chi connectivity index (χ3n) is 2.89. The average Bonchev–Trinajstić information content (AvgIpc) is 2.76. The van der Waals surface area contributed by atoms with E-state index in [1.54, 1.807) is 18.3 Å². The van der Waals surface area contributed by atoms with E-state index in [0.29, 0.717) is 5.56 Å². The van der Waals surface area contributed by atoms with E-state index >= 15 is 0 Å². The van der Waals surface area contributed by atoms with Crippen LogP contribution in [0.25, 0.3) is 0 Å².